The highest BCUT2D eigenvalue weighted by molar-refractivity contribution is 5.95. The summed E-state index contributed by atoms with van der Waals surface area (Å²) in [5.74, 6) is -4.97. The number of carbonyl (C=O) groups is 6. The Morgan fingerprint density at radius 3 is 1.33 bits per heavy atom. The second-order valence-corrected chi connectivity index (χ2v) is 15.7. The monoisotopic (exact) mass is 774 g/mol. The fourth-order valence-electron chi connectivity index (χ4n) is 7.80. The molecule has 0 radical (unpaired) electrons. The molecule has 0 saturated carbocycles. The molecule has 6 atom stereocenters. The minimum absolute atomic E-state index is 0.0476. The second-order valence-electron chi connectivity index (χ2n) is 15.7. The molecule has 6 unspecified atom stereocenters. The third-order valence-electron chi connectivity index (χ3n) is 10.9. The lowest BCUT2D eigenvalue weighted by Crippen LogP contribution is -2.30. The maximum absolute atomic E-state index is 12.9. The number of aliphatic carboxylic acids is 2. The number of esters is 4. The number of unbranched alkanes of at least 4 members (excludes halogenated alkanes) is 14. The Hall–Kier alpha value is -3.34. The summed E-state index contributed by atoms with van der Waals surface area (Å²) in [6.45, 7) is 4.32. The van der Waals surface area contributed by atoms with E-state index < -0.39 is 47.7 Å². The highest BCUT2D eigenvalue weighted by Gasteiger charge is 2.41. The van der Waals surface area contributed by atoms with Gasteiger partial charge in [0.1, 0.15) is 0 Å². The molecular formula is C44H70O11. The van der Waals surface area contributed by atoms with Gasteiger partial charge in [-0.25, -0.2) is 0 Å². The van der Waals surface area contributed by atoms with Crippen LogP contribution in [0.4, 0.5) is 0 Å². The van der Waals surface area contributed by atoms with Crippen LogP contribution in [-0.2, 0) is 43.0 Å². The summed E-state index contributed by atoms with van der Waals surface area (Å²) in [5.41, 5.74) is 0. The highest BCUT2D eigenvalue weighted by Crippen LogP contribution is 2.36. The molecule has 11 heteroatoms. The molecule has 2 saturated heterocycles. The first-order valence-corrected chi connectivity index (χ1v) is 21.4. The van der Waals surface area contributed by atoms with E-state index in [1.54, 1.807) is 0 Å². The fourth-order valence-corrected chi connectivity index (χ4v) is 7.80. The van der Waals surface area contributed by atoms with Gasteiger partial charge in [0.15, 0.2) is 0 Å². The van der Waals surface area contributed by atoms with Gasteiger partial charge in [-0.2, -0.15) is 0 Å². The minimum atomic E-state index is -0.791. The Morgan fingerprint density at radius 1 is 0.600 bits per heavy atom. The standard InChI is InChI=1S/C44H70O11/c1-3-5-7-11-19-25-35(29-33(37-31-41(49)54-43(37)51)23-17-13-9-15-21-27-39(45)46)53-36(26-20-12-8-6-4-2)30-34(38-32-42(50)55-44(38)52)24-18-14-10-16-22-28-40(47)48/h19-20,25-26,33-38H,3-18,21-24,27-32H2,1-2H3,(H,45,46)(H,47,48)/b25-19+,26-20+. The molecule has 2 heterocycles. The van der Waals surface area contributed by atoms with E-state index in [-0.39, 0.29) is 49.7 Å². The molecule has 0 bridgehead atoms. The summed E-state index contributed by atoms with van der Waals surface area (Å²) in [6, 6.07) is 0. The van der Waals surface area contributed by atoms with Gasteiger partial charge in [0, 0.05) is 12.8 Å². The SMILES string of the molecule is CCCCC/C=C/C(CC(CCCCCCCC(=O)O)C1CC(=O)OC1=O)OC(/C=C/CCCCC)CC(CCCCCCCC(=O)O)C1CC(=O)OC1=O. The largest absolute Gasteiger partial charge is 0.481 e. The normalized spacial score (nSPS) is 19.6. The van der Waals surface area contributed by atoms with E-state index in [4.69, 9.17) is 24.4 Å². The van der Waals surface area contributed by atoms with Gasteiger partial charge < -0.3 is 24.4 Å². The number of carboxylic acids is 2. The van der Waals surface area contributed by atoms with E-state index in [1.165, 1.54) is 0 Å². The van der Waals surface area contributed by atoms with Gasteiger partial charge in [-0.15, -0.1) is 0 Å². The van der Waals surface area contributed by atoms with Crippen LogP contribution in [0.3, 0.4) is 0 Å². The van der Waals surface area contributed by atoms with Crippen LogP contribution in [0.15, 0.2) is 24.3 Å². The van der Waals surface area contributed by atoms with Crippen LogP contribution in [-0.4, -0.2) is 58.2 Å². The Bertz CT molecular complexity index is 1130. The zero-order valence-corrected chi connectivity index (χ0v) is 33.7. The van der Waals surface area contributed by atoms with Crippen molar-refractivity contribution in [2.45, 2.75) is 193 Å². The summed E-state index contributed by atoms with van der Waals surface area (Å²) in [4.78, 5) is 72.2. The van der Waals surface area contributed by atoms with Crippen molar-refractivity contribution < 1.29 is 53.2 Å². The van der Waals surface area contributed by atoms with Gasteiger partial charge in [-0.3, -0.25) is 28.8 Å². The summed E-state index contributed by atoms with van der Waals surface area (Å²) in [6.07, 6.45) is 27.1. The molecular weight excluding hydrogens is 704 g/mol. The number of carbonyl (C=O) groups excluding carboxylic acids is 4. The number of ether oxygens (including phenoxy) is 3. The summed E-state index contributed by atoms with van der Waals surface area (Å²) < 4.78 is 17.0. The molecule has 55 heavy (non-hydrogen) atoms. The van der Waals surface area contributed by atoms with Crippen molar-refractivity contribution >= 4 is 35.8 Å². The summed E-state index contributed by atoms with van der Waals surface area (Å²) in [7, 11) is 0. The van der Waals surface area contributed by atoms with E-state index in [9.17, 15) is 28.8 Å². The third-order valence-corrected chi connectivity index (χ3v) is 10.9. The van der Waals surface area contributed by atoms with E-state index in [0.717, 1.165) is 103 Å². The molecule has 2 N–H and O–H groups in total. The van der Waals surface area contributed by atoms with Crippen LogP contribution < -0.4 is 0 Å². The number of rotatable bonds is 34. The molecule has 2 rings (SSSR count). The molecule has 2 aliphatic heterocycles. The second kappa shape index (κ2) is 29.0. The van der Waals surface area contributed by atoms with Crippen molar-refractivity contribution in [3.05, 3.63) is 24.3 Å². The molecule has 312 valence electrons. The predicted octanol–water partition coefficient (Wildman–Crippen LogP) is 9.84. The number of allylic oxidation sites excluding steroid dienone is 2. The van der Waals surface area contributed by atoms with E-state index in [0.29, 0.717) is 38.5 Å². The van der Waals surface area contributed by atoms with Crippen LogP contribution >= 0.6 is 0 Å². The van der Waals surface area contributed by atoms with Crippen molar-refractivity contribution in [1.82, 2.24) is 0 Å². The molecule has 0 aliphatic carbocycles. The Labute approximate surface area is 329 Å². The first kappa shape index (κ1) is 47.8. The zero-order valence-electron chi connectivity index (χ0n) is 33.7. The number of hydrogen-bond acceptors (Lipinski definition) is 9. The quantitative estimate of drug-likeness (QED) is 0.0276. The number of cyclic esters (lactones) is 4. The van der Waals surface area contributed by atoms with Crippen LogP contribution in [0.25, 0.3) is 0 Å². The third kappa shape index (κ3) is 21.5. The van der Waals surface area contributed by atoms with Crippen LogP contribution in [0.2, 0.25) is 0 Å². The van der Waals surface area contributed by atoms with Crippen molar-refractivity contribution in [1.29, 1.82) is 0 Å². The molecule has 0 aromatic carbocycles. The Kier molecular flexibility index (Phi) is 25.2. The molecule has 11 nitrogen and oxygen atoms in total. The average Bonchev–Trinajstić information content (AvgIpc) is 3.66. The lowest BCUT2D eigenvalue weighted by atomic mass is 9.81. The van der Waals surface area contributed by atoms with Crippen molar-refractivity contribution in [2.24, 2.45) is 23.7 Å². The van der Waals surface area contributed by atoms with Crippen molar-refractivity contribution in [3.8, 4) is 0 Å². The maximum atomic E-state index is 12.9. The van der Waals surface area contributed by atoms with Gasteiger partial charge in [-0.1, -0.05) is 115 Å². The fraction of sp³-hybridized carbons (Fsp3) is 0.773. The van der Waals surface area contributed by atoms with Gasteiger partial charge in [0.25, 0.3) is 0 Å². The first-order chi connectivity index (χ1) is 26.5. The van der Waals surface area contributed by atoms with Gasteiger partial charge >= 0.3 is 35.8 Å². The topological polar surface area (TPSA) is 171 Å². The predicted molar refractivity (Wildman–Crippen MR) is 210 cm³/mol. The highest BCUT2D eigenvalue weighted by atomic mass is 16.6. The molecule has 0 amide bonds. The summed E-state index contributed by atoms with van der Waals surface area (Å²) in [5, 5.41) is 17.9. The Morgan fingerprint density at radius 2 is 0.982 bits per heavy atom. The van der Waals surface area contributed by atoms with Crippen LogP contribution in [0.1, 0.15) is 181 Å². The van der Waals surface area contributed by atoms with E-state index >= 15 is 0 Å². The van der Waals surface area contributed by atoms with Gasteiger partial charge in [-0.05, 0) is 76.0 Å². The number of carboxylic acid groups (broad SMARTS) is 2. The summed E-state index contributed by atoms with van der Waals surface area (Å²) >= 11 is 0. The molecule has 2 aliphatic rings. The smallest absolute Gasteiger partial charge is 0.317 e. The minimum Gasteiger partial charge on any atom is -0.481 e. The Balaban J connectivity index is 2.31. The van der Waals surface area contributed by atoms with Gasteiger partial charge in [0.05, 0.1) is 36.9 Å². The van der Waals surface area contributed by atoms with Crippen LogP contribution in [0, 0.1) is 23.7 Å². The van der Waals surface area contributed by atoms with Crippen molar-refractivity contribution in [3.63, 3.8) is 0 Å². The zero-order chi connectivity index (χ0) is 40.3. The first-order valence-electron chi connectivity index (χ1n) is 21.4. The lowest BCUT2D eigenvalue weighted by Gasteiger charge is -2.30. The molecule has 0 spiro atoms. The molecule has 2 fully saturated rings. The van der Waals surface area contributed by atoms with E-state index in [1.807, 2.05) is 0 Å². The van der Waals surface area contributed by atoms with Crippen molar-refractivity contribution in [2.75, 3.05) is 0 Å². The van der Waals surface area contributed by atoms with Crippen LogP contribution in [0.5, 0.6) is 0 Å². The maximum Gasteiger partial charge on any atom is 0.317 e. The molecule has 0 aromatic rings. The lowest BCUT2D eigenvalue weighted by molar-refractivity contribution is -0.155. The van der Waals surface area contributed by atoms with Gasteiger partial charge in [0.2, 0.25) is 0 Å². The van der Waals surface area contributed by atoms with E-state index in [2.05, 4.69) is 38.2 Å². The molecule has 0 aromatic heterocycles. The average molecular weight is 775 g/mol. The number of hydrogen-bond donors (Lipinski definition) is 2.